The van der Waals surface area contributed by atoms with Crippen LogP contribution in [0.2, 0.25) is 0 Å². The van der Waals surface area contributed by atoms with E-state index >= 15 is 0 Å². The Hall–Kier alpha value is -0.306. The molecule has 0 saturated carbocycles. The topological polar surface area (TPSA) is 29.5 Å². The summed E-state index contributed by atoms with van der Waals surface area (Å²) >= 11 is -0.556. The fourth-order valence-electron chi connectivity index (χ4n) is 1.45. The zero-order valence-electron chi connectivity index (χ0n) is 10.5. The van der Waals surface area contributed by atoms with Crippen LogP contribution in [0.25, 0.3) is 0 Å². The van der Waals surface area contributed by atoms with Crippen LogP contribution in [0.3, 0.4) is 0 Å². The SMILES string of the molecule is COc1ccc(O)c(Pc2ccccc2F)c1.[Cl][Ti][Cl]. The summed E-state index contributed by atoms with van der Waals surface area (Å²) in [5.74, 6) is 0.557. The fourth-order valence-corrected chi connectivity index (χ4v) is 2.55. The summed E-state index contributed by atoms with van der Waals surface area (Å²) in [6, 6.07) is 11.5. The van der Waals surface area contributed by atoms with Crippen LogP contribution in [0, 0.1) is 5.82 Å². The molecule has 106 valence electrons. The van der Waals surface area contributed by atoms with E-state index in [9.17, 15) is 9.50 Å². The first-order valence-corrected chi connectivity index (χ1v) is 10.8. The molecule has 0 aliphatic heterocycles. The Kier molecular flexibility index (Phi) is 8.52. The molecule has 0 aromatic heterocycles. The number of halogens is 3. The van der Waals surface area contributed by atoms with Crippen molar-refractivity contribution in [1.82, 2.24) is 0 Å². The normalized spacial score (nSPS) is 10.0. The van der Waals surface area contributed by atoms with Gasteiger partial charge in [0.25, 0.3) is 0 Å². The molecule has 2 nitrogen and oxygen atoms in total. The average molecular weight is 369 g/mol. The van der Waals surface area contributed by atoms with E-state index in [1.54, 1.807) is 43.5 Å². The molecular weight excluding hydrogens is 357 g/mol. The van der Waals surface area contributed by atoms with Gasteiger partial charge >= 0.3 is 35.6 Å². The number of phenolic OH excluding ortho intramolecular Hbond substituents is 1. The summed E-state index contributed by atoms with van der Waals surface area (Å²) in [7, 11) is 11.4. The van der Waals surface area contributed by atoms with Crippen LogP contribution in [0.4, 0.5) is 4.39 Å². The quantitative estimate of drug-likeness (QED) is 0.663. The van der Waals surface area contributed by atoms with Gasteiger partial charge in [-0.1, -0.05) is 26.8 Å². The van der Waals surface area contributed by atoms with Crippen molar-refractivity contribution in [3.63, 3.8) is 0 Å². The van der Waals surface area contributed by atoms with Gasteiger partial charge in [-0.05, 0) is 24.3 Å². The van der Waals surface area contributed by atoms with Gasteiger partial charge in [-0.2, -0.15) is 0 Å². The monoisotopic (exact) mass is 368 g/mol. The molecule has 0 spiro atoms. The Balaban J connectivity index is 0.000000612. The standard InChI is InChI=1S/C13H12FO2P.2ClH.Ti/c1-16-9-6-7-11(15)13(8-9)17-12-5-3-2-4-10(12)14;;;/h2-8,15,17H,1H3;2*1H;/q;;;+2/p-2. The second-order valence-electron chi connectivity index (χ2n) is 3.56. The van der Waals surface area contributed by atoms with Crippen LogP contribution < -0.4 is 15.3 Å². The van der Waals surface area contributed by atoms with Crippen LogP contribution in [-0.4, -0.2) is 12.2 Å². The first kappa shape index (κ1) is 17.7. The molecule has 7 heteroatoms. The Morgan fingerprint density at radius 2 is 1.80 bits per heavy atom. The van der Waals surface area contributed by atoms with Crippen molar-refractivity contribution in [2.45, 2.75) is 0 Å². The first-order chi connectivity index (χ1) is 9.62. The van der Waals surface area contributed by atoms with E-state index in [0.717, 1.165) is 0 Å². The van der Waals surface area contributed by atoms with Crippen molar-refractivity contribution in [3.8, 4) is 11.5 Å². The molecule has 0 bridgehead atoms. The molecule has 0 aliphatic rings. The number of aromatic hydroxyl groups is 1. The Morgan fingerprint density at radius 3 is 2.40 bits per heavy atom. The zero-order valence-corrected chi connectivity index (χ0v) is 14.6. The van der Waals surface area contributed by atoms with Crippen LogP contribution >= 0.6 is 27.2 Å². The molecule has 0 amide bonds. The van der Waals surface area contributed by atoms with E-state index < -0.39 is 17.0 Å². The number of ether oxygens (including phenoxy) is 1. The van der Waals surface area contributed by atoms with E-state index in [-0.39, 0.29) is 20.1 Å². The third-order valence-electron chi connectivity index (χ3n) is 2.35. The summed E-state index contributed by atoms with van der Waals surface area (Å²) < 4.78 is 18.6. The second kappa shape index (κ2) is 9.60. The molecule has 1 unspecified atom stereocenters. The van der Waals surface area contributed by atoms with Crippen molar-refractivity contribution >= 4 is 37.8 Å². The molecule has 0 aliphatic carbocycles. The van der Waals surface area contributed by atoms with Crippen molar-refractivity contribution in [1.29, 1.82) is 0 Å². The van der Waals surface area contributed by atoms with Gasteiger partial charge in [-0.15, -0.1) is 0 Å². The van der Waals surface area contributed by atoms with E-state index in [0.29, 0.717) is 16.4 Å². The number of hydrogen-bond acceptors (Lipinski definition) is 2. The Bertz CT molecular complexity index is 558. The minimum atomic E-state index is -0.556. The number of benzene rings is 2. The molecule has 0 fully saturated rings. The average Bonchev–Trinajstić information content (AvgIpc) is 2.44. The molecule has 20 heavy (non-hydrogen) atoms. The molecule has 2 aromatic carbocycles. The molecule has 2 aromatic rings. The molecule has 0 heterocycles. The van der Waals surface area contributed by atoms with Crippen molar-refractivity contribution in [3.05, 3.63) is 48.3 Å². The van der Waals surface area contributed by atoms with Gasteiger partial charge < -0.3 is 9.84 Å². The van der Waals surface area contributed by atoms with Crippen LogP contribution in [0.1, 0.15) is 0 Å². The van der Waals surface area contributed by atoms with E-state index in [2.05, 4.69) is 0 Å². The Morgan fingerprint density at radius 1 is 1.15 bits per heavy atom. The molecule has 0 radical (unpaired) electrons. The van der Waals surface area contributed by atoms with Crippen molar-refractivity contribution < 1.29 is 31.3 Å². The third-order valence-corrected chi connectivity index (χ3v) is 3.69. The van der Waals surface area contributed by atoms with Gasteiger partial charge in [0, 0.05) is 10.6 Å². The number of phenols is 1. The second-order valence-corrected chi connectivity index (χ2v) is 7.47. The van der Waals surface area contributed by atoms with Gasteiger partial charge in [-0.25, -0.2) is 4.39 Å². The molecule has 1 N–H and O–H groups in total. The summed E-state index contributed by atoms with van der Waals surface area (Å²) in [5, 5.41) is 11.0. The zero-order chi connectivity index (χ0) is 15.0. The minimum absolute atomic E-state index is 0.0688. The molecular formula is C13H12Cl2FO2PTi. The van der Waals surface area contributed by atoms with Gasteiger partial charge in [-0.3, -0.25) is 0 Å². The number of methoxy groups -OCH3 is 1. The van der Waals surface area contributed by atoms with Crippen molar-refractivity contribution in [2.24, 2.45) is 0 Å². The Labute approximate surface area is 135 Å². The molecule has 0 saturated heterocycles. The molecule has 1 atom stereocenters. The maximum absolute atomic E-state index is 13.5. The molecule has 2 rings (SSSR count). The van der Waals surface area contributed by atoms with Crippen molar-refractivity contribution in [2.75, 3.05) is 7.11 Å². The summed E-state index contributed by atoms with van der Waals surface area (Å²) in [5.41, 5.74) is 0. The van der Waals surface area contributed by atoms with Gasteiger partial charge in [0.05, 0.1) is 7.11 Å². The number of rotatable bonds is 3. The first-order valence-electron chi connectivity index (χ1n) is 5.47. The predicted molar refractivity (Wildman–Crippen MR) is 80.3 cm³/mol. The predicted octanol–water partition coefficient (Wildman–Crippen LogP) is 3.55. The van der Waals surface area contributed by atoms with E-state index in [4.69, 9.17) is 23.3 Å². The van der Waals surface area contributed by atoms with Gasteiger partial charge in [0.2, 0.25) is 0 Å². The summed E-state index contributed by atoms with van der Waals surface area (Å²) in [6.07, 6.45) is 0. The van der Waals surface area contributed by atoms with Crippen LogP contribution in [0.5, 0.6) is 11.5 Å². The fraction of sp³-hybridized carbons (Fsp3) is 0.0769. The summed E-state index contributed by atoms with van der Waals surface area (Å²) in [6.45, 7) is 0. The van der Waals surface area contributed by atoms with Crippen LogP contribution in [-0.2, 0) is 17.0 Å². The maximum atomic E-state index is 13.5. The van der Waals surface area contributed by atoms with E-state index in [1.165, 1.54) is 6.07 Å². The number of hydrogen-bond donors (Lipinski definition) is 1. The van der Waals surface area contributed by atoms with E-state index in [1.807, 2.05) is 0 Å². The van der Waals surface area contributed by atoms with Gasteiger partial charge in [0.1, 0.15) is 17.3 Å². The van der Waals surface area contributed by atoms with Gasteiger partial charge in [0.15, 0.2) is 0 Å². The van der Waals surface area contributed by atoms with Crippen LogP contribution in [0.15, 0.2) is 42.5 Å². The summed E-state index contributed by atoms with van der Waals surface area (Å²) in [4.78, 5) is 0. The third kappa shape index (κ3) is 5.59.